The van der Waals surface area contributed by atoms with Gasteiger partial charge in [0.2, 0.25) is 29.6 Å². The van der Waals surface area contributed by atoms with Crippen LogP contribution < -0.4 is 20.3 Å². The van der Waals surface area contributed by atoms with Gasteiger partial charge in [0.1, 0.15) is 35.6 Å². The fourth-order valence-corrected chi connectivity index (χ4v) is 8.55. The fourth-order valence-electron chi connectivity index (χ4n) is 8.25. The van der Waals surface area contributed by atoms with E-state index in [1.165, 1.54) is 36.1 Å². The SMILES string of the molecule is CC(=O)N1CCN(c2nc(NCCC(=O)N(C)CCOCCOCCOCCOCCOc3ccc4c(c3)C(=O)N(C3CCC(=O)NC3=O)C4=O)nc3c(F)c(C4=C(F)C=CCC4O)c(Cl)cc23)CC1. The highest BCUT2D eigenvalue weighted by molar-refractivity contribution is 6.33. The van der Waals surface area contributed by atoms with Gasteiger partial charge in [0, 0.05) is 82.6 Å². The van der Waals surface area contributed by atoms with Crippen molar-refractivity contribution in [1.82, 2.24) is 30.0 Å². The van der Waals surface area contributed by atoms with E-state index >= 15 is 4.39 Å². The Morgan fingerprint density at radius 1 is 0.900 bits per heavy atom. The number of aromatic nitrogens is 2. The molecule has 1 aromatic heterocycles. The van der Waals surface area contributed by atoms with E-state index in [0.29, 0.717) is 83.9 Å². The Hall–Kier alpha value is -6.17. The Morgan fingerprint density at radius 2 is 1.56 bits per heavy atom. The molecule has 0 spiro atoms. The van der Waals surface area contributed by atoms with E-state index in [0.717, 1.165) is 11.0 Å². The van der Waals surface area contributed by atoms with Crippen molar-refractivity contribution in [2.45, 2.75) is 44.8 Å². The number of halogens is 3. The van der Waals surface area contributed by atoms with Crippen LogP contribution in [0.15, 0.2) is 42.2 Å². The summed E-state index contributed by atoms with van der Waals surface area (Å²) in [6.45, 7) is 6.11. The summed E-state index contributed by atoms with van der Waals surface area (Å²) in [5.41, 5.74) is -0.415. The second-order valence-corrected chi connectivity index (χ2v) is 17.1. The molecule has 6 amide bonds. The van der Waals surface area contributed by atoms with Crippen LogP contribution in [0.1, 0.15) is 58.9 Å². The zero-order chi connectivity index (χ0) is 49.9. The number of benzene rings is 2. The van der Waals surface area contributed by atoms with Gasteiger partial charge in [0.25, 0.3) is 11.8 Å². The molecule has 2 unspecified atom stereocenters. The number of piperidine rings is 1. The molecule has 70 heavy (non-hydrogen) atoms. The van der Waals surface area contributed by atoms with Crippen molar-refractivity contribution in [3.63, 3.8) is 0 Å². The molecule has 3 aliphatic heterocycles. The van der Waals surface area contributed by atoms with Crippen LogP contribution in [-0.2, 0) is 38.1 Å². The van der Waals surface area contributed by atoms with Crippen LogP contribution in [0.3, 0.4) is 0 Å². The number of allylic oxidation sites excluding steroid dienone is 2. The average Bonchev–Trinajstić information content (AvgIpc) is 3.58. The molecule has 4 heterocycles. The van der Waals surface area contributed by atoms with Gasteiger partial charge in [-0.2, -0.15) is 4.98 Å². The van der Waals surface area contributed by atoms with Gasteiger partial charge in [-0.15, -0.1) is 0 Å². The number of nitrogens with zero attached hydrogens (tertiary/aromatic N) is 6. The van der Waals surface area contributed by atoms with E-state index in [1.54, 1.807) is 18.0 Å². The van der Waals surface area contributed by atoms with Gasteiger partial charge < -0.3 is 48.8 Å². The molecule has 0 saturated carbocycles. The van der Waals surface area contributed by atoms with Crippen molar-refractivity contribution >= 4 is 75.3 Å². The number of anilines is 2. The third-order valence-corrected chi connectivity index (χ3v) is 12.3. The summed E-state index contributed by atoms with van der Waals surface area (Å²) in [4.78, 5) is 89.7. The molecule has 0 bridgehead atoms. The molecule has 1 aliphatic carbocycles. The Kier molecular flexibility index (Phi) is 17.8. The predicted molar refractivity (Wildman–Crippen MR) is 249 cm³/mol. The lowest BCUT2D eigenvalue weighted by atomic mass is 9.92. The second-order valence-electron chi connectivity index (χ2n) is 16.7. The van der Waals surface area contributed by atoms with Crippen molar-refractivity contribution in [2.75, 3.05) is 116 Å². The number of aliphatic hydroxyl groups excluding tert-OH is 1. The number of carbonyl (C=O) groups is 6. The number of aliphatic hydroxyl groups is 1. The number of ether oxygens (including phenoxy) is 5. The van der Waals surface area contributed by atoms with Crippen molar-refractivity contribution in [1.29, 1.82) is 0 Å². The first-order valence-corrected chi connectivity index (χ1v) is 23.3. The molecule has 3 N–H and O–H groups in total. The highest BCUT2D eigenvalue weighted by atomic mass is 35.5. The second kappa shape index (κ2) is 24.1. The third kappa shape index (κ3) is 12.4. The van der Waals surface area contributed by atoms with Crippen LogP contribution in [0.2, 0.25) is 5.02 Å². The van der Waals surface area contributed by atoms with Gasteiger partial charge >= 0.3 is 0 Å². The van der Waals surface area contributed by atoms with Gasteiger partial charge in [-0.1, -0.05) is 17.7 Å². The fraction of sp³-hybridized carbons (Fsp3) is 0.489. The summed E-state index contributed by atoms with van der Waals surface area (Å²) in [6.07, 6.45) is 1.54. The maximum Gasteiger partial charge on any atom is 0.262 e. The summed E-state index contributed by atoms with van der Waals surface area (Å²) in [5.74, 6) is -3.57. The average molecular weight is 997 g/mol. The third-order valence-electron chi connectivity index (χ3n) is 12.0. The van der Waals surface area contributed by atoms with E-state index in [-0.39, 0.29) is 108 Å². The van der Waals surface area contributed by atoms with Crippen LogP contribution in [0.5, 0.6) is 5.75 Å². The maximum atomic E-state index is 16.4. The number of fused-ring (bicyclic) bond motifs is 2. The first-order valence-electron chi connectivity index (χ1n) is 23.0. The van der Waals surface area contributed by atoms with Crippen molar-refractivity contribution in [3.05, 3.63) is 69.8 Å². The Balaban J connectivity index is 0.757. The molecule has 2 fully saturated rings. The highest BCUT2D eigenvalue weighted by Gasteiger charge is 2.45. The number of rotatable bonds is 23. The number of piperazine rings is 1. The van der Waals surface area contributed by atoms with E-state index in [4.69, 9.17) is 35.3 Å². The summed E-state index contributed by atoms with van der Waals surface area (Å²) in [7, 11) is 1.65. The van der Waals surface area contributed by atoms with E-state index in [2.05, 4.69) is 20.6 Å². The lowest BCUT2D eigenvalue weighted by molar-refractivity contribution is -0.136. The van der Waals surface area contributed by atoms with Crippen molar-refractivity contribution in [2.24, 2.45) is 0 Å². The highest BCUT2D eigenvalue weighted by Crippen LogP contribution is 2.41. The summed E-state index contributed by atoms with van der Waals surface area (Å²) in [6, 6.07) is 4.90. The van der Waals surface area contributed by atoms with E-state index < -0.39 is 47.4 Å². The number of carbonyl (C=O) groups excluding carboxylic acids is 6. The summed E-state index contributed by atoms with van der Waals surface area (Å²) >= 11 is 6.58. The Morgan fingerprint density at radius 3 is 2.21 bits per heavy atom. The van der Waals surface area contributed by atoms with Gasteiger partial charge in [-0.25, -0.2) is 13.8 Å². The Bertz CT molecular complexity index is 2540. The van der Waals surface area contributed by atoms with Crippen LogP contribution in [0.4, 0.5) is 20.5 Å². The minimum absolute atomic E-state index is 0.0284. The normalized spacial score (nSPS) is 18.2. The standard InChI is InChI=1S/C47H55ClF2N8O12/c1-28(59)56-12-14-57(15-13-56)43-32-27-33(48)39(40-34(49)4-3-5-36(40)60)41(50)42(32)53-47(54-43)51-11-10-38(62)55(2)16-17-66-18-19-67-20-21-68-22-23-69-24-25-70-29-6-7-30-31(26-29)46(65)58(45(30)64)35-8-9-37(61)52-44(35)63/h3-4,6-7,26-27,35-36,60H,5,8-25H2,1-2H3,(H,51,53,54)(H,52,61,63). The molecule has 23 heteroatoms. The first kappa shape index (κ1) is 51.7. The molecule has 2 atom stereocenters. The Labute approximate surface area is 406 Å². The van der Waals surface area contributed by atoms with E-state index in [1.807, 2.05) is 4.90 Å². The smallest absolute Gasteiger partial charge is 0.262 e. The number of nitrogens with one attached hydrogen (secondary N) is 2. The summed E-state index contributed by atoms with van der Waals surface area (Å²) < 4.78 is 59.3. The largest absolute Gasteiger partial charge is 0.491 e. The molecule has 4 aliphatic rings. The predicted octanol–water partition coefficient (Wildman–Crippen LogP) is 2.90. The monoisotopic (exact) mass is 996 g/mol. The van der Waals surface area contributed by atoms with Crippen LogP contribution >= 0.6 is 11.6 Å². The molecule has 20 nitrogen and oxygen atoms in total. The zero-order valence-electron chi connectivity index (χ0n) is 38.8. The molecule has 7 rings (SSSR count). The minimum Gasteiger partial charge on any atom is -0.491 e. The quantitative estimate of drug-likeness (QED) is 0.0916. The summed E-state index contributed by atoms with van der Waals surface area (Å²) in [5, 5.41) is 16.0. The number of amides is 6. The molecular formula is C47H55ClF2N8O12. The zero-order valence-corrected chi connectivity index (χ0v) is 39.6. The first-order chi connectivity index (χ1) is 33.7. The molecule has 376 valence electrons. The van der Waals surface area contributed by atoms with E-state index in [9.17, 15) is 38.3 Å². The van der Waals surface area contributed by atoms with Crippen LogP contribution in [0, 0.1) is 5.82 Å². The van der Waals surface area contributed by atoms with Crippen LogP contribution in [-0.4, -0.2) is 183 Å². The number of likely N-dealkylation sites (N-methyl/N-ethyl adjacent to an activating group) is 1. The topological polar surface area (TPSA) is 232 Å². The van der Waals surface area contributed by atoms with Gasteiger partial charge in [0.15, 0.2) is 5.82 Å². The molecule has 0 radical (unpaired) electrons. The van der Waals surface area contributed by atoms with Gasteiger partial charge in [-0.05, 0) is 43.2 Å². The molecular weight excluding hydrogens is 942 g/mol. The van der Waals surface area contributed by atoms with Gasteiger partial charge in [-0.3, -0.25) is 39.0 Å². The maximum absolute atomic E-state index is 16.4. The minimum atomic E-state index is -1.31. The number of hydrogen-bond donors (Lipinski definition) is 3. The number of hydrogen-bond acceptors (Lipinski definition) is 16. The molecule has 2 saturated heterocycles. The van der Waals surface area contributed by atoms with Crippen LogP contribution in [0.25, 0.3) is 16.5 Å². The van der Waals surface area contributed by atoms with Crippen molar-refractivity contribution < 1.29 is 66.3 Å². The number of imide groups is 2. The van der Waals surface area contributed by atoms with Crippen molar-refractivity contribution in [3.8, 4) is 5.75 Å². The molecule has 2 aromatic carbocycles. The lowest BCUT2D eigenvalue weighted by Crippen LogP contribution is -2.54. The molecule has 3 aromatic rings. The lowest BCUT2D eigenvalue weighted by Gasteiger charge is -2.35. The van der Waals surface area contributed by atoms with Gasteiger partial charge in [0.05, 0.1) is 75.1 Å².